The molecule has 3 nitrogen and oxygen atoms in total. The van der Waals surface area contributed by atoms with Gasteiger partial charge in [-0.25, -0.2) is 0 Å². The van der Waals surface area contributed by atoms with Crippen LogP contribution >= 0.6 is 8.03 Å². The Kier molecular flexibility index (Phi) is 5.99. The predicted molar refractivity (Wildman–Crippen MR) is 41.7 cm³/mol. The van der Waals surface area contributed by atoms with Gasteiger partial charge >= 0.3 is 0 Å². The van der Waals surface area contributed by atoms with Crippen LogP contribution in [0.5, 0.6) is 0 Å². The van der Waals surface area contributed by atoms with E-state index in [9.17, 15) is 4.57 Å². The van der Waals surface area contributed by atoms with Crippen LogP contribution in [0.15, 0.2) is 0 Å². The van der Waals surface area contributed by atoms with E-state index in [2.05, 4.69) is 0 Å². The Morgan fingerprint density at radius 2 is 2.20 bits per heavy atom. The number of hydrogen-bond donors (Lipinski definition) is 1. The fraction of sp³-hybridized carbons (Fsp3) is 1.00. The lowest BCUT2D eigenvalue weighted by Gasteiger charge is -2.04. The van der Waals surface area contributed by atoms with Crippen LogP contribution in [0.1, 0.15) is 13.8 Å². The molecule has 0 aromatic heterocycles. The van der Waals surface area contributed by atoms with Crippen molar-refractivity contribution in [1.29, 1.82) is 0 Å². The average Bonchev–Trinajstić information content (AvgIpc) is 1.85. The molecule has 1 N–H and O–H groups in total. The molecule has 0 spiro atoms. The predicted octanol–water partition coefficient (Wildman–Crippen LogP) is 1.13. The first kappa shape index (κ1) is 10.2. The Bertz CT molecular complexity index is 103. The molecule has 0 saturated heterocycles. The normalized spacial score (nSPS) is 14.0. The second kappa shape index (κ2) is 5.90. The third kappa shape index (κ3) is 6.27. The maximum absolute atomic E-state index is 10.8. The van der Waals surface area contributed by atoms with Crippen molar-refractivity contribution in [3.05, 3.63) is 0 Å². The molecule has 0 bridgehead atoms. The van der Waals surface area contributed by atoms with Crippen LogP contribution < -0.4 is 0 Å². The Labute approximate surface area is 62.3 Å². The summed E-state index contributed by atoms with van der Waals surface area (Å²) in [7, 11) is -1.94. The monoisotopic (exact) mass is 166 g/mol. The van der Waals surface area contributed by atoms with Gasteiger partial charge in [-0.3, -0.25) is 4.57 Å². The smallest absolute Gasteiger partial charge is 0.193 e. The summed E-state index contributed by atoms with van der Waals surface area (Å²) < 4.78 is 15.7. The minimum absolute atomic E-state index is 0.0457. The topological polar surface area (TPSA) is 46.5 Å². The lowest BCUT2D eigenvalue weighted by Crippen LogP contribution is -1.98. The van der Waals surface area contributed by atoms with Gasteiger partial charge in [-0.1, -0.05) is 13.8 Å². The van der Waals surface area contributed by atoms with Crippen molar-refractivity contribution in [3.63, 3.8) is 0 Å². The van der Waals surface area contributed by atoms with E-state index in [1.54, 1.807) is 0 Å². The molecule has 62 valence electrons. The van der Waals surface area contributed by atoms with Crippen molar-refractivity contribution in [1.82, 2.24) is 0 Å². The van der Waals surface area contributed by atoms with Crippen molar-refractivity contribution < 1.29 is 14.2 Å². The van der Waals surface area contributed by atoms with Crippen LogP contribution in [-0.4, -0.2) is 24.5 Å². The zero-order valence-electron chi connectivity index (χ0n) is 6.46. The summed E-state index contributed by atoms with van der Waals surface area (Å²) in [4.78, 5) is 0. The van der Waals surface area contributed by atoms with Crippen molar-refractivity contribution in [2.45, 2.75) is 13.8 Å². The molecule has 0 heterocycles. The molecule has 1 unspecified atom stereocenters. The summed E-state index contributed by atoms with van der Waals surface area (Å²) >= 11 is 0. The lowest BCUT2D eigenvalue weighted by atomic mass is 10.2. The number of aliphatic hydroxyl groups is 1. The second-order valence-electron chi connectivity index (χ2n) is 2.55. The Hall–Kier alpha value is 0.150. The van der Waals surface area contributed by atoms with Gasteiger partial charge < -0.3 is 9.63 Å². The molecule has 0 amide bonds. The summed E-state index contributed by atoms with van der Waals surface area (Å²) in [5, 5.41) is 8.35. The molecule has 0 aliphatic carbocycles. The third-order valence-electron chi connectivity index (χ3n) is 0.894. The standard InChI is InChI=1S/C6H15O3P/c1-6(2)5-9-10(8)4-3-7/h6-7,10H,3-5H2,1-2H3. The van der Waals surface area contributed by atoms with E-state index in [-0.39, 0.29) is 12.8 Å². The zero-order valence-corrected chi connectivity index (χ0v) is 7.46. The molecule has 0 fully saturated rings. The lowest BCUT2D eigenvalue weighted by molar-refractivity contribution is 0.271. The highest BCUT2D eigenvalue weighted by molar-refractivity contribution is 7.39. The molecule has 4 heteroatoms. The molecule has 0 aromatic rings. The first-order valence-electron chi connectivity index (χ1n) is 3.43. The van der Waals surface area contributed by atoms with Gasteiger partial charge in [-0.2, -0.15) is 0 Å². The highest BCUT2D eigenvalue weighted by Crippen LogP contribution is 2.21. The molecular formula is C6H15O3P. The van der Waals surface area contributed by atoms with Gasteiger partial charge in [0, 0.05) is 6.16 Å². The van der Waals surface area contributed by atoms with E-state index in [1.165, 1.54) is 0 Å². The molecule has 0 aliphatic rings. The minimum Gasteiger partial charge on any atom is -0.396 e. The molecule has 0 radical (unpaired) electrons. The maximum Gasteiger partial charge on any atom is 0.193 e. The van der Waals surface area contributed by atoms with Gasteiger partial charge in [-0.15, -0.1) is 0 Å². The zero-order chi connectivity index (χ0) is 7.98. The minimum atomic E-state index is -1.94. The quantitative estimate of drug-likeness (QED) is 0.622. The van der Waals surface area contributed by atoms with Gasteiger partial charge in [0.2, 0.25) is 0 Å². The van der Waals surface area contributed by atoms with Crippen LogP contribution in [0, 0.1) is 5.92 Å². The van der Waals surface area contributed by atoms with E-state index in [0.29, 0.717) is 12.5 Å². The fourth-order valence-corrected chi connectivity index (χ4v) is 1.27. The first-order valence-corrected chi connectivity index (χ1v) is 4.95. The van der Waals surface area contributed by atoms with Crippen molar-refractivity contribution in [3.8, 4) is 0 Å². The van der Waals surface area contributed by atoms with Crippen LogP contribution in [0.4, 0.5) is 0 Å². The summed E-state index contributed by atoms with van der Waals surface area (Å²) in [6, 6.07) is 0. The van der Waals surface area contributed by atoms with Gasteiger partial charge in [-0.05, 0) is 5.92 Å². The molecule has 0 aromatic carbocycles. The molecule has 10 heavy (non-hydrogen) atoms. The maximum atomic E-state index is 10.8. The van der Waals surface area contributed by atoms with Crippen LogP contribution in [-0.2, 0) is 9.09 Å². The van der Waals surface area contributed by atoms with Crippen molar-refractivity contribution in [2.24, 2.45) is 5.92 Å². The van der Waals surface area contributed by atoms with Gasteiger partial charge in [0.15, 0.2) is 8.03 Å². The second-order valence-corrected chi connectivity index (χ2v) is 4.08. The summed E-state index contributed by atoms with van der Waals surface area (Å²) in [6.45, 7) is 4.47. The summed E-state index contributed by atoms with van der Waals surface area (Å²) in [5.74, 6) is 0.410. The number of rotatable bonds is 5. The highest BCUT2D eigenvalue weighted by atomic mass is 31.1. The molecule has 0 rings (SSSR count). The molecule has 0 aliphatic heterocycles. The fourth-order valence-electron chi connectivity index (χ4n) is 0.423. The van der Waals surface area contributed by atoms with Gasteiger partial charge in [0.1, 0.15) is 0 Å². The average molecular weight is 166 g/mol. The Morgan fingerprint density at radius 1 is 1.60 bits per heavy atom. The summed E-state index contributed by atoms with van der Waals surface area (Å²) in [6.07, 6.45) is 0.289. The van der Waals surface area contributed by atoms with E-state index in [4.69, 9.17) is 9.63 Å². The van der Waals surface area contributed by atoms with Crippen LogP contribution in [0.2, 0.25) is 0 Å². The third-order valence-corrected chi connectivity index (χ3v) is 2.01. The SMILES string of the molecule is CC(C)CO[PH](=O)CCO. The molecular weight excluding hydrogens is 151 g/mol. The molecule has 1 atom stereocenters. The van der Waals surface area contributed by atoms with E-state index < -0.39 is 8.03 Å². The van der Waals surface area contributed by atoms with Crippen molar-refractivity contribution >= 4 is 8.03 Å². The number of hydrogen-bond acceptors (Lipinski definition) is 3. The van der Waals surface area contributed by atoms with Gasteiger partial charge in [0.25, 0.3) is 0 Å². The van der Waals surface area contributed by atoms with Crippen molar-refractivity contribution in [2.75, 3.05) is 19.4 Å². The van der Waals surface area contributed by atoms with E-state index in [0.717, 1.165) is 0 Å². The van der Waals surface area contributed by atoms with E-state index >= 15 is 0 Å². The number of aliphatic hydroxyl groups excluding tert-OH is 1. The Morgan fingerprint density at radius 3 is 2.60 bits per heavy atom. The van der Waals surface area contributed by atoms with Gasteiger partial charge in [0.05, 0.1) is 13.2 Å². The summed E-state index contributed by atoms with van der Waals surface area (Å²) in [5.41, 5.74) is 0. The van der Waals surface area contributed by atoms with E-state index in [1.807, 2.05) is 13.8 Å². The Balaban J connectivity index is 3.22. The van der Waals surface area contributed by atoms with Crippen LogP contribution in [0.25, 0.3) is 0 Å². The first-order chi connectivity index (χ1) is 4.66. The largest absolute Gasteiger partial charge is 0.396 e. The van der Waals surface area contributed by atoms with Crippen LogP contribution in [0.3, 0.4) is 0 Å². The molecule has 0 saturated carbocycles. The highest BCUT2D eigenvalue weighted by Gasteiger charge is 1.99.